The SMILES string of the molecule is CC1CCCC(c2cc(C(N)=O)ccc2C(N)=O)C1. The van der Waals surface area contributed by atoms with Gasteiger partial charge in [0.25, 0.3) is 0 Å². The molecule has 1 fully saturated rings. The maximum atomic E-state index is 11.5. The Balaban J connectivity index is 2.42. The van der Waals surface area contributed by atoms with Gasteiger partial charge in [-0.3, -0.25) is 9.59 Å². The normalized spacial score (nSPS) is 23.0. The van der Waals surface area contributed by atoms with E-state index >= 15 is 0 Å². The van der Waals surface area contributed by atoms with Crippen LogP contribution >= 0.6 is 0 Å². The van der Waals surface area contributed by atoms with E-state index in [1.165, 1.54) is 6.42 Å². The van der Waals surface area contributed by atoms with E-state index < -0.39 is 11.8 Å². The van der Waals surface area contributed by atoms with Gasteiger partial charge in [-0.2, -0.15) is 0 Å². The van der Waals surface area contributed by atoms with Crippen molar-refractivity contribution in [2.45, 2.75) is 38.5 Å². The Labute approximate surface area is 113 Å². The Morgan fingerprint density at radius 3 is 2.47 bits per heavy atom. The van der Waals surface area contributed by atoms with E-state index in [1.54, 1.807) is 18.2 Å². The molecule has 0 aromatic heterocycles. The lowest BCUT2D eigenvalue weighted by molar-refractivity contribution is 0.0986. The first-order chi connectivity index (χ1) is 8.99. The molecule has 1 aliphatic carbocycles. The second kappa shape index (κ2) is 5.43. The molecule has 0 saturated heterocycles. The molecule has 1 saturated carbocycles. The highest BCUT2D eigenvalue weighted by molar-refractivity contribution is 5.98. The third-order valence-corrected chi connectivity index (χ3v) is 3.98. The molecule has 4 N–H and O–H groups in total. The van der Waals surface area contributed by atoms with Crippen LogP contribution < -0.4 is 11.5 Å². The molecule has 0 spiro atoms. The molecule has 0 radical (unpaired) electrons. The summed E-state index contributed by atoms with van der Waals surface area (Å²) in [5.74, 6) is 0.0210. The summed E-state index contributed by atoms with van der Waals surface area (Å²) >= 11 is 0. The first-order valence-electron chi connectivity index (χ1n) is 6.72. The van der Waals surface area contributed by atoms with Crippen molar-refractivity contribution in [1.29, 1.82) is 0 Å². The molecule has 2 rings (SSSR count). The zero-order chi connectivity index (χ0) is 14.0. The standard InChI is InChI=1S/C15H20N2O2/c1-9-3-2-4-10(7-9)13-8-11(14(16)18)5-6-12(13)15(17)19/h5-6,8-10H,2-4,7H2,1H3,(H2,16,18)(H2,17,19). The molecule has 0 bridgehead atoms. The number of carbonyl (C=O) groups is 2. The van der Waals surface area contributed by atoms with Crippen molar-refractivity contribution >= 4 is 11.8 Å². The monoisotopic (exact) mass is 260 g/mol. The maximum Gasteiger partial charge on any atom is 0.248 e. The average Bonchev–Trinajstić information content (AvgIpc) is 2.37. The maximum absolute atomic E-state index is 11.5. The van der Waals surface area contributed by atoms with Crippen molar-refractivity contribution in [3.8, 4) is 0 Å². The summed E-state index contributed by atoms with van der Waals surface area (Å²) in [6.07, 6.45) is 4.43. The molecule has 2 atom stereocenters. The summed E-state index contributed by atoms with van der Waals surface area (Å²) in [6, 6.07) is 4.93. The molecule has 4 nitrogen and oxygen atoms in total. The van der Waals surface area contributed by atoms with Gasteiger partial charge < -0.3 is 11.5 Å². The molecule has 102 valence electrons. The van der Waals surface area contributed by atoms with Crippen molar-refractivity contribution < 1.29 is 9.59 Å². The Bertz CT molecular complexity index is 511. The van der Waals surface area contributed by atoms with Gasteiger partial charge in [-0.25, -0.2) is 0 Å². The summed E-state index contributed by atoms with van der Waals surface area (Å²) in [4.78, 5) is 22.8. The van der Waals surface area contributed by atoms with Gasteiger partial charge >= 0.3 is 0 Å². The van der Waals surface area contributed by atoms with Gasteiger partial charge in [0.1, 0.15) is 0 Å². The van der Waals surface area contributed by atoms with E-state index in [0.29, 0.717) is 23.0 Å². The molecule has 1 aromatic carbocycles. The Hall–Kier alpha value is -1.84. The van der Waals surface area contributed by atoms with Gasteiger partial charge in [-0.05, 0) is 48.4 Å². The van der Waals surface area contributed by atoms with Gasteiger partial charge in [-0.15, -0.1) is 0 Å². The van der Waals surface area contributed by atoms with E-state index in [2.05, 4.69) is 6.92 Å². The van der Waals surface area contributed by atoms with Gasteiger partial charge in [-0.1, -0.05) is 19.8 Å². The lowest BCUT2D eigenvalue weighted by Gasteiger charge is -2.28. The number of carbonyl (C=O) groups excluding carboxylic acids is 2. The van der Waals surface area contributed by atoms with Crippen LogP contribution in [0.3, 0.4) is 0 Å². The predicted molar refractivity (Wildman–Crippen MR) is 73.9 cm³/mol. The number of benzene rings is 1. The Morgan fingerprint density at radius 1 is 1.16 bits per heavy atom. The van der Waals surface area contributed by atoms with Crippen molar-refractivity contribution in [2.75, 3.05) is 0 Å². The number of hydrogen-bond acceptors (Lipinski definition) is 2. The van der Waals surface area contributed by atoms with Crippen LogP contribution in [-0.4, -0.2) is 11.8 Å². The van der Waals surface area contributed by atoms with Crippen LogP contribution in [-0.2, 0) is 0 Å². The minimum Gasteiger partial charge on any atom is -0.366 e. The van der Waals surface area contributed by atoms with E-state index in [4.69, 9.17) is 11.5 Å². The molecule has 1 aromatic rings. The summed E-state index contributed by atoms with van der Waals surface area (Å²) < 4.78 is 0. The highest BCUT2D eigenvalue weighted by atomic mass is 16.1. The van der Waals surface area contributed by atoms with Gasteiger partial charge in [0.2, 0.25) is 11.8 Å². The molecular weight excluding hydrogens is 240 g/mol. The first kappa shape index (κ1) is 13.6. The summed E-state index contributed by atoms with van der Waals surface area (Å²) in [7, 11) is 0. The molecule has 1 aliphatic rings. The third-order valence-electron chi connectivity index (χ3n) is 3.98. The minimum absolute atomic E-state index is 0.297. The van der Waals surface area contributed by atoms with Crippen molar-refractivity contribution in [2.24, 2.45) is 17.4 Å². The number of amides is 2. The highest BCUT2D eigenvalue weighted by Gasteiger charge is 2.24. The highest BCUT2D eigenvalue weighted by Crippen LogP contribution is 2.37. The van der Waals surface area contributed by atoms with Crippen LogP contribution in [0.2, 0.25) is 0 Å². The van der Waals surface area contributed by atoms with E-state index in [1.807, 2.05) is 0 Å². The number of primary amides is 2. The topological polar surface area (TPSA) is 86.2 Å². The molecule has 19 heavy (non-hydrogen) atoms. The lowest BCUT2D eigenvalue weighted by atomic mass is 9.77. The quantitative estimate of drug-likeness (QED) is 0.872. The van der Waals surface area contributed by atoms with Gasteiger partial charge in [0.05, 0.1) is 0 Å². The smallest absolute Gasteiger partial charge is 0.248 e. The van der Waals surface area contributed by atoms with E-state index in [-0.39, 0.29) is 0 Å². The molecule has 0 aliphatic heterocycles. The minimum atomic E-state index is -0.471. The zero-order valence-electron chi connectivity index (χ0n) is 11.2. The van der Waals surface area contributed by atoms with Crippen LogP contribution in [0.1, 0.15) is 64.8 Å². The molecule has 0 heterocycles. The lowest BCUT2D eigenvalue weighted by Crippen LogP contribution is -2.20. The molecule has 4 heteroatoms. The fourth-order valence-electron chi connectivity index (χ4n) is 2.99. The third kappa shape index (κ3) is 2.95. The van der Waals surface area contributed by atoms with E-state index in [9.17, 15) is 9.59 Å². The van der Waals surface area contributed by atoms with Crippen LogP contribution in [0.25, 0.3) is 0 Å². The second-order valence-corrected chi connectivity index (χ2v) is 5.50. The molecular formula is C15H20N2O2. The first-order valence-corrected chi connectivity index (χ1v) is 6.72. The predicted octanol–water partition coefficient (Wildman–Crippen LogP) is 2.18. The second-order valence-electron chi connectivity index (χ2n) is 5.50. The fourth-order valence-corrected chi connectivity index (χ4v) is 2.99. The van der Waals surface area contributed by atoms with Crippen molar-refractivity contribution in [3.63, 3.8) is 0 Å². The number of rotatable bonds is 3. The largest absolute Gasteiger partial charge is 0.366 e. The van der Waals surface area contributed by atoms with Crippen LogP contribution in [0.4, 0.5) is 0 Å². The Morgan fingerprint density at radius 2 is 1.89 bits per heavy atom. The van der Waals surface area contributed by atoms with Crippen LogP contribution in [0, 0.1) is 5.92 Å². The van der Waals surface area contributed by atoms with Crippen LogP contribution in [0.15, 0.2) is 18.2 Å². The summed E-state index contributed by atoms with van der Waals surface area (Å²) in [5.41, 5.74) is 12.6. The molecule has 2 amide bonds. The fraction of sp³-hybridized carbons (Fsp3) is 0.467. The number of nitrogens with two attached hydrogens (primary N) is 2. The summed E-state index contributed by atoms with van der Waals surface area (Å²) in [6.45, 7) is 2.22. The zero-order valence-corrected chi connectivity index (χ0v) is 11.2. The van der Waals surface area contributed by atoms with Crippen molar-refractivity contribution in [1.82, 2.24) is 0 Å². The van der Waals surface area contributed by atoms with Crippen molar-refractivity contribution in [3.05, 3.63) is 34.9 Å². The van der Waals surface area contributed by atoms with Gasteiger partial charge in [0.15, 0.2) is 0 Å². The van der Waals surface area contributed by atoms with E-state index in [0.717, 1.165) is 24.8 Å². The average molecular weight is 260 g/mol. The Kier molecular flexibility index (Phi) is 3.88. The van der Waals surface area contributed by atoms with Gasteiger partial charge in [0, 0.05) is 11.1 Å². The molecule has 2 unspecified atom stereocenters. The van der Waals surface area contributed by atoms with Crippen LogP contribution in [0.5, 0.6) is 0 Å². The number of hydrogen-bond donors (Lipinski definition) is 2. The summed E-state index contributed by atoms with van der Waals surface area (Å²) in [5, 5.41) is 0.